The Labute approximate surface area is 101 Å². The molecule has 1 unspecified atom stereocenters. The van der Waals surface area contributed by atoms with Crippen LogP contribution in [0.4, 0.5) is 4.39 Å². The topological polar surface area (TPSA) is 41.5 Å². The highest BCUT2D eigenvalue weighted by Gasteiger charge is 2.14. The van der Waals surface area contributed by atoms with Crippen molar-refractivity contribution in [3.63, 3.8) is 0 Å². The first-order valence-corrected chi connectivity index (χ1v) is 6.05. The van der Waals surface area contributed by atoms with Gasteiger partial charge in [0.05, 0.1) is 6.10 Å². The van der Waals surface area contributed by atoms with Gasteiger partial charge >= 0.3 is 0 Å². The molecule has 1 aliphatic heterocycles. The number of ether oxygens (including phenoxy) is 1. The second-order valence-electron chi connectivity index (χ2n) is 4.37. The fourth-order valence-corrected chi connectivity index (χ4v) is 2.05. The molecule has 94 valence electrons. The monoisotopic (exact) mass is 239 g/mol. The van der Waals surface area contributed by atoms with Gasteiger partial charge in [-0.05, 0) is 44.0 Å². The summed E-state index contributed by atoms with van der Waals surface area (Å²) >= 11 is 0. The Hall–Kier alpha value is -1.13. The van der Waals surface area contributed by atoms with Gasteiger partial charge in [0, 0.05) is 18.7 Å². The Balaban J connectivity index is 1.72. The van der Waals surface area contributed by atoms with E-state index in [4.69, 9.17) is 4.74 Å². The van der Waals surface area contributed by atoms with E-state index in [1.54, 1.807) is 0 Å². The lowest BCUT2D eigenvalue weighted by Crippen LogP contribution is -2.19. The highest BCUT2D eigenvalue weighted by molar-refractivity contribution is 5.32. The zero-order chi connectivity index (χ0) is 12.1. The molecule has 1 atom stereocenters. The first-order valence-electron chi connectivity index (χ1n) is 6.05. The first kappa shape index (κ1) is 12.3. The van der Waals surface area contributed by atoms with Crippen LogP contribution in [0, 0.1) is 5.82 Å². The van der Waals surface area contributed by atoms with Crippen LogP contribution in [-0.2, 0) is 11.3 Å². The highest BCUT2D eigenvalue weighted by Crippen LogP contribution is 2.18. The minimum Gasteiger partial charge on any atom is -0.508 e. The minimum atomic E-state index is -0.321. The normalized spacial score (nSPS) is 19.7. The van der Waals surface area contributed by atoms with E-state index >= 15 is 0 Å². The summed E-state index contributed by atoms with van der Waals surface area (Å²) in [5.41, 5.74) is 0.595. The maximum atomic E-state index is 12.9. The number of phenols is 1. The van der Waals surface area contributed by atoms with Crippen LogP contribution in [0.1, 0.15) is 24.8 Å². The molecule has 2 N–H and O–H groups in total. The van der Waals surface area contributed by atoms with Crippen LogP contribution in [-0.4, -0.2) is 24.4 Å². The van der Waals surface area contributed by atoms with Crippen molar-refractivity contribution in [2.24, 2.45) is 0 Å². The number of rotatable bonds is 5. The van der Waals surface area contributed by atoms with Gasteiger partial charge in [-0.25, -0.2) is 4.39 Å². The van der Waals surface area contributed by atoms with Crippen molar-refractivity contribution in [1.29, 1.82) is 0 Å². The maximum absolute atomic E-state index is 12.9. The smallest absolute Gasteiger partial charge is 0.123 e. The molecule has 0 amide bonds. The molecular formula is C13H18FNO2. The number of hydrogen-bond acceptors (Lipinski definition) is 3. The number of benzene rings is 1. The summed E-state index contributed by atoms with van der Waals surface area (Å²) in [6.07, 6.45) is 3.61. The molecule has 1 heterocycles. The lowest BCUT2D eigenvalue weighted by atomic mass is 10.1. The van der Waals surface area contributed by atoms with Crippen LogP contribution in [0.3, 0.4) is 0 Å². The number of nitrogens with one attached hydrogen (secondary N) is 1. The molecule has 1 aromatic carbocycles. The Morgan fingerprint density at radius 2 is 2.35 bits per heavy atom. The van der Waals surface area contributed by atoms with Gasteiger partial charge in [-0.2, -0.15) is 0 Å². The van der Waals surface area contributed by atoms with Crippen LogP contribution in [0.15, 0.2) is 18.2 Å². The van der Waals surface area contributed by atoms with Gasteiger partial charge in [0.2, 0.25) is 0 Å². The van der Waals surface area contributed by atoms with Crippen LogP contribution >= 0.6 is 0 Å². The maximum Gasteiger partial charge on any atom is 0.123 e. The molecule has 1 fully saturated rings. The zero-order valence-electron chi connectivity index (χ0n) is 9.79. The number of halogens is 1. The highest BCUT2D eigenvalue weighted by atomic mass is 19.1. The van der Waals surface area contributed by atoms with E-state index in [2.05, 4.69) is 5.32 Å². The Bertz CT molecular complexity index is 364. The minimum absolute atomic E-state index is 0.135. The van der Waals surface area contributed by atoms with E-state index in [-0.39, 0.29) is 11.6 Å². The molecular weight excluding hydrogens is 221 g/mol. The van der Waals surface area contributed by atoms with Gasteiger partial charge in [-0.3, -0.25) is 0 Å². The van der Waals surface area contributed by atoms with Crippen molar-refractivity contribution in [1.82, 2.24) is 5.32 Å². The van der Waals surface area contributed by atoms with E-state index in [1.807, 2.05) is 0 Å². The largest absolute Gasteiger partial charge is 0.508 e. The Morgan fingerprint density at radius 1 is 1.47 bits per heavy atom. The van der Waals surface area contributed by atoms with Crippen molar-refractivity contribution in [2.75, 3.05) is 13.2 Å². The Morgan fingerprint density at radius 3 is 3.12 bits per heavy atom. The van der Waals surface area contributed by atoms with Crippen molar-refractivity contribution < 1.29 is 14.2 Å². The fourth-order valence-electron chi connectivity index (χ4n) is 2.05. The quantitative estimate of drug-likeness (QED) is 0.774. The van der Waals surface area contributed by atoms with E-state index in [1.165, 1.54) is 18.2 Å². The molecule has 0 aromatic heterocycles. The van der Waals surface area contributed by atoms with Gasteiger partial charge in [-0.15, -0.1) is 0 Å². The average Bonchev–Trinajstić information content (AvgIpc) is 2.82. The van der Waals surface area contributed by atoms with E-state index in [0.29, 0.717) is 18.2 Å². The van der Waals surface area contributed by atoms with E-state index < -0.39 is 0 Å². The average molecular weight is 239 g/mol. The van der Waals surface area contributed by atoms with Crippen molar-refractivity contribution in [3.05, 3.63) is 29.6 Å². The SMILES string of the molecule is Oc1ccc(F)cc1CNCCC1CCCO1. The molecule has 0 saturated carbocycles. The first-order chi connectivity index (χ1) is 8.25. The summed E-state index contributed by atoms with van der Waals surface area (Å²) in [7, 11) is 0. The third kappa shape index (κ3) is 3.68. The lowest BCUT2D eigenvalue weighted by molar-refractivity contribution is 0.104. The summed E-state index contributed by atoms with van der Waals surface area (Å²) in [6.45, 7) is 2.17. The molecule has 1 aliphatic rings. The van der Waals surface area contributed by atoms with Crippen molar-refractivity contribution in [2.45, 2.75) is 31.9 Å². The fraction of sp³-hybridized carbons (Fsp3) is 0.538. The Kier molecular flexibility index (Phi) is 4.34. The second-order valence-corrected chi connectivity index (χ2v) is 4.37. The van der Waals surface area contributed by atoms with Gasteiger partial charge in [0.15, 0.2) is 0 Å². The van der Waals surface area contributed by atoms with Gasteiger partial charge in [0.25, 0.3) is 0 Å². The summed E-state index contributed by atoms with van der Waals surface area (Å²) in [4.78, 5) is 0. The molecule has 17 heavy (non-hydrogen) atoms. The number of phenolic OH excluding ortho intramolecular Hbond substituents is 1. The van der Waals surface area contributed by atoms with Gasteiger partial charge in [-0.1, -0.05) is 0 Å². The summed E-state index contributed by atoms with van der Waals surface area (Å²) in [6, 6.07) is 3.99. The zero-order valence-corrected chi connectivity index (χ0v) is 9.79. The predicted molar refractivity (Wildman–Crippen MR) is 63.4 cm³/mol. The third-order valence-corrected chi connectivity index (χ3v) is 3.02. The molecule has 0 spiro atoms. The van der Waals surface area contributed by atoms with Gasteiger partial charge < -0.3 is 15.2 Å². The molecule has 2 rings (SSSR count). The lowest BCUT2D eigenvalue weighted by Gasteiger charge is -2.10. The van der Waals surface area contributed by atoms with E-state index in [0.717, 1.165) is 32.4 Å². The van der Waals surface area contributed by atoms with Crippen LogP contribution in [0.5, 0.6) is 5.75 Å². The van der Waals surface area contributed by atoms with E-state index in [9.17, 15) is 9.50 Å². The van der Waals surface area contributed by atoms with Crippen LogP contribution in [0.2, 0.25) is 0 Å². The van der Waals surface area contributed by atoms with Crippen LogP contribution < -0.4 is 5.32 Å². The summed E-state index contributed by atoms with van der Waals surface area (Å²) in [5, 5.41) is 12.7. The standard InChI is InChI=1S/C13H18FNO2/c14-11-3-4-13(16)10(8-11)9-15-6-5-12-2-1-7-17-12/h3-4,8,12,15-16H,1-2,5-7,9H2. The predicted octanol–water partition coefficient (Wildman–Crippen LogP) is 2.19. The third-order valence-electron chi connectivity index (χ3n) is 3.02. The van der Waals surface area contributed by atoms with Gasteiger partial charge in [0.1, 0.15) is 11.6 Å². The molecule has 4 heteroatoms. The van der Waals surface area contributed by atoms with Crippen LogP contribution in [0.25, 0.3) is 0 Å². The summed E-state index contributed by atoms with van der Waals surface area (Å²) < 4.78 is 18.4. The molecule has 0 aliphatic carbocycles. The van der Waals surface area contributed by atoms with Crippen molar-refractivity contribution >= 4 is 0 Å². The van der Waals surface area contributed by atoms with Crippen molar-refractivity contribution in [3.8, 4) is 5.75 Å². The molecule has 3 nitrogen and oxygen atoms in total. The molecule has 0 radical (unpaired) electrons. The number of hydrogen-bond donors (Lipinski definition) is 2. The molecule has 1 aromatic rings. The molecule has 1 saturated heterocycles. The summed E-state index contributed by atoms with van der Waals surface area (Å²) in [5.74, 6) is -0.185. The number of aromatic hydroxyl groups is 1. The second kappa shape index (κ2) is 5.98. The molecule has 0 bridgehead atoms.